The molecule has 0 radical (unpaired) electrons. The summed E-state index contributed by atoms with van der Waals surface area (Å²) in [5.74, 6) is 0.285. The van der Waals surface area contributed by atoms with Crippen molar-refractivity contribution in [1.82, 2.24) is 0 Å². The van der Waals surface area contributed by atoms with Gasteiger partial charge >= 0.3 is 5.97 Å². The fraction of sp³-hybridized carbons (Fsp3) is 0.429. The number of ether oxygens (including phenoxy) is 1. The molecule has 0 spiro atoms. The first-order valence-corrected chi connectivity index (χ1v) is 8.89. The lowest BCUT2D eigenvalue weighted by Gasteiger charge is -2.43. The second-order valence-electron chi connectivity index (χ2n) is 7.62. The van der Waals surface area contributed by atoms with E-state index in [4.69, 9.17) is 4.74 Å². The van der Waals surface area contributed by atoms with Gasteiger partial charge in [0.1, 0.15) is 17.5 Å². The van der Waals surface area contributed by atoms with E-state index in [9.17, 15) is 9.90 Å². The number of phenols is 1. The third kappa shape index (κ3) is 2.43. The van der Waals surface area contributed by atoms with Crippen LogP contribution in [0.3, 0.4) is 0 Å². The highest BCUT2D eigenvalue weighted by Gasteiger charge is 2.52. The maximum Gasteiger partial charge on any atom is 0.309 e. The van der Waals surface area contributed by atoms with Crippen molar-refractivity contribution in [3.63, 3.8) is 0 Å². The molecular formula is C21H23NO3. The van der Waals surface area contributed by atoms with Crippen LogP contribution in [0.25, 0.3) is 0 Å². The lowest BCUT2D eigenvalue weighted by atomic mass is 9.61. The van der Waals surface area contributed by atoms with Gasteiger partial charge in [-0.15, -0.1) is 0 Å². The molecular weight excluding hydrogens is 314 g/mol. The Bertz CT molecular complexity index is 835. The quantitative estimate of drug-likeness (QED) is 0.776. The molecule has 4 nitrogen and oxygen atoms in total. The number of phenolic OH excluding ortho intramolecular Hbond substituents is 1. The molecule has 3 aliphatic rings. The molecule has 1 aromatic rings. The van der Waals surface area contributed by atoms with Crippen molar-refractivity contribution >= 4 is 17.4 Å². The van der Waals surface area contributed by atoms with Crippen LogP contribution in [0.4, 0.5) is 5.69 Å². The number of aromatic hydroxyl groups is 1. The van der Waals surface area contributed by atoms with Crippen molar-refractivity contribution < 1.29 is 14.6 Å². The highest BCUT2D eigenvalue weighted by Crippen LogP contribution is 2.53. The maximum absolute atomic E-state index is 12.1. The lowest BCUT2D eigenvalue weighted by molar-refractivity contribution is -0.143. The second kappa shape index (κ2) is 5.58. The zero-order valence-corrected chi connectivity index (χ0v) is 14.8. The third-order valence-electron chi connectivity index (χ3n) is 6.06. The van der Waals surface area contributed by atoms with E-state index in [1.54, 1.807) is 18.2 Å². The summed E-state index contributed by atoms with van der Waals surface area (Å²) in [6.45, 7) is 6.24. The Morgan fingerprint density at radius 1 is 1.32 bits per heavy atom. The number of aliphatic imine (C=N–C) groups is 1. The van der Waals surface area contributed by atoms with Crippen LogP contribution in [-0.2, 0) is 9.53 Å². The standard InChI is InChI=1S/C21H23NO3/c1-12-14-8-10-21(3)11-9-15(22-16-6-4-5-7-17(16)23)13(2)18(21)19(14)25-20(12)24/h4-7,9,11-12,14,19,23H,8,10H2,1-3H3/t12-,14-,19-,21-/m0/s1. The number of hydrogen-bond acceptors (Lipinski definition) is 4. The predicted octanol–water partition coefficient (Wildman–Crippen LogP) is 4.33. The number of esters is 1. The molecule has 1 aliphatic heterocycles. The van der Waals surface area contributed by atoms with Crippen LogP contribution in [0.1, 0.15) is 33.6 Å². The molecule has 25 heavy (non-hydrogen) atoms. The Hall–Kier alpha value is -2.36. The molecule has 1 saturated carbocycles. The fourth-order valence-electron chi connectivity index (χ4n) is 4.51. The van der Waals surface area contributed by atoms with Gasteiger partial charge in [0.25, 0.3) is 0 Å². The zero-order chi connectivity index (χ0) is 17.8. The Labute approximate surface area is 147 Å². The summed E-state index contributed by atoms with van der Waals surface area (Å²) >= 11 is 0. The third-order valence-corrected chi connectivity index (χ3v) is 6.06. The molecule has 1 saturated heterocycles. The average molecular weight is 337 g/mol. The van der Waals surface area contributed by atoms with Crippen molar-refractivity contribution in [2.45, 2.75) is 39.7 Å². The molecule has 1 heterocycles. The molecule has 0 aromatic heterocycles. The highest BCUT2D eigenvalue weighted by atomic mass is 16.6. The summed E-state index contributed by atoms with van der Waals surface area (Å²) in [4.78, 5) is 16.8. The van der Waals surface area contributed by atoms with E-state index in [2.05, 4.69) is 24.9 Å². The van der Waals surface area contributed by atoms with Crippen molar-refractivity contribution in [2.24, 2.45) is 22.2 Å². The van der Waals surface area contributed by atoms with Gasteiger partial charge in [-0.3, -0.25) is 4.79 Å². The van der Waals surface area contributed by atoms with E-state index in [1.165, 1.54) is 5.57 Å². The SMILES string of the molecule is CC1=C2[C@H]3OC(=O)[C@@H](C)[C@@H]3CC[C@@]2(C)C=CC1=Nc1ccccc1O. The van der Waals surface area contributed by atoms with Crippen molar-refractivity contribution in [3.05, 3.63) is 47.6 Å². The minimum Gasteiger partial charge on any atom is -0.506 e. The summed E-state index contributed by atoms with van der Waals surface area (Å²) in [6, 6.07) is 7.07. The molecule has 0 unspecified atom stereocenters. The van der Waals surface area contributed by atoms with Gasteiger partial charge in [0.15, 0.2) is 0 Å². The lowest BCUT2D eigenvalue weighted by Crippen LogP contribution is -2.39. The number of nitrogens with zero attached hydrogens (tertiary/aromatic N) is 1. The van der Waals surface area contributed by atoms with Crippen molar-refractivity contribution in [1.29, 1.82) is 0 Å². The Morgan fingerprint density at radius 2 is 2.08 bits per heavy atom. The largest absolute Gasteiger partial charge is 0.506 e. The zero-order valence-electron chi connectivity index (χ0n) is 14.8. The number of hydrogen-bond donors (Lipinski definition) is 1. The van der Waals surface area contributed by atoms with Crippen LogP contribution in [0.2, 0.25) is 0 Å². The molecule has 1 N–H and O–H groups in total. The van der Waals surface area contributed by atoms with Gasteiger partial charge < -0.3 is 9.84 Å². The Balaban J connectivity index is 1.81. The van der Waals surface area contributed by atoms with Gasteiger partial charge in [0.05, 0.1) is 11.6 Å². The van der Waals surface area contributed by atoms with E-state index in [0.717, 1.165) is 24.1 Å². The average Bonchev–Trinajstić information content (AvgIpc) is 2.86. The van der Waals surface area contributed by atoms with Gasteiger partial charge in [-0.2, -0.15) is 0 Å². The molecule has 2 aliphatic carbocycles. The molecule has 0 amide bonds. The molecule has 4 heteroatoms. The van der Waals surface area contributed by atoms with Gasteiger partial charge in [0.2, 0.25) is 0 Å². The van der Waals surface area contributed by atoms with Crippen LogP contribution < -0.4 is 0 Å². The topological polar surface area (TPSA) is 58.9 Å². The number of carbonyl (C=O) groups is 1. The maximum atomic E-state index is 12.1. The number of para-hydroxylation sites is 2. The Morgan fingerprint density at radius 3 is 2.84 bits per heavy atom. The number of allylic oxidation sites excluding steroid dienone is 3. The Kier molecular flexibility index (Phi) is 3.60. The first-order chi connectivity index (χ1) is 11.9. The van der Waals surface area contributed by atoms with Crippen LogP contribution in [0.5, 0.6) is 5.75 Å². The summed E-state index contributed by atoms with van der Waals surface area (Å²) < 4.78 is 5.77. The van der Waals surface area contributed by atoms with E-state index in [-0.39, 0.29) is 35.1 Å². The summed E-state index contributed by atoms with van der Waals surface area (Å²) in [7, 11) is 0. The molecule has 0 bridgehead atoms. The van der Waals surface area contributed by atoms with E-state index in [0.29, 0.717) is 5.69 Å². The van der Waals surface area contributed by atoms with Gasteiger partial charge in [0, 0.05) is 11.3 Å². The van der Waals surface area contributed by atoms with Crippen LogP contribution in [0, 0.1) is 17.3 Å². The number of rotatable bonds is 1. The minimum absolute atomic E-state index is 0.0423. The fourth-order valence-corrected chi connectivity index (χ4v) is 4.51. The summed E-state index contributed by atoms with van der Waals surface area (Å²) in [6.07, 6.45) is 6.08. The normalized spacial score (nSPS) is 35.6. The first-order valence-electron chi connectivity index (χ1n) is 8.89. The minimum atomic E-state index is -0.152. The number of fused-ring (bicyclic) bond motifs is 3. The number of benzene rings is 1. The van der Waals surface area contributed by atoms with Gasteiger partial charge in [-0.1, -0.05) is 32.1 Å². The number of carbonyl (C=O) groups excluding carboxylic acids is 1. The van der Waals surface area contributed by atoms with Crippen molar-refractivity contribution in [3.8, 4) is 5.75 Å². The molecule has 4 rings (SSSR count). The van der Waals surface area contributed by atoms with Crippen LogP contribution in [-0.4, -0.2) is 22.9 Å². The summed E-state index contributed by atoms with van der Waals surface area (Å²) in [5.41, 5.74) is 3.52. The van der Waals surface area contributed by atoms with E-state index < -0.39 is 0 Å². The van der Waals surface area contributed by atoms with Crippen LogP contribution in [0.15, 0.2) is 52.6 Å². The molecule has 4 atom stereocenters. The second-order valence-corrected chi connectivity index (χ2v) is 7.62. The predicted molar refractivity (Wildman–Crippen MR) is 96.9 cm³/mol. The van der Waals surface area contributed by atoms with Crippen molar-refractivity contribution in [2.75, 3.05) is 0 Å². The van der Waals surface area contributed by atoms with Crippen LogP contribution >= 0.6 is 0 Å². The molecule has 1 aromatic carbocycles. The highest BCUT2D eigenvalue weighted by molar-refractivity contribution is 6.11. The van der Waals surface area contributed by atoms with E-state index in [1.807, 2.05) is 19.1 Å². The summed E-state index contributed by atoms with van der Waals surface area (Å²) in [5, 5.41) is 10.0. The molecule has 130 valence electrons. The van der Waals surface area contributed by atoms with Gasteiger partial charge in [-0.05, 0) is 49.1 Å². The smallest absolute Gasteiger partial charge is 0.309 e. The first kappa shape index (κ1) is 16.1. The van der Waals surface area contributed by atoms with Gasteiger partial charge in [-0.25, -0.2) is 4.99 Å². The van der Waals surface area contributed by atoms with E-state index >= 15 is 0 Å². The molecule has 2 fully saturated rings. The monoisotopic (exact) mass is 337 g/mol.